The van der Waals surface area contributed by atoms with Crippen LogP contribution in [-0.4, -0.2) is 17.8 Å². The Bertz CT molecular complexity index is 410. The number of nitrogen functional groups attached to an aromatic ring is 1. The molecule has 1 atom stereocenters. The number of rotatable bonds is 1. The lowest BCUT2D eigenvalue weighted by atomic mass is 10.1. The van der Waals surface area contributed by atoms with E-state index in [1.54, 1.807) is 0 Å². The molecule has 2 heterocycles. The molecule has 1 aliphatic heterocycles. The van der Waals surface area contributed by atoms with Crippen LogP contribution in [0.5, 0.6) is 0 Å². The Morgan fingerprint density at radius 3 is 3.07 bits per heavy atom. The van der Waals surface area contributed by atoms with Gasteiger partial charge >= 0.3 is 0 Å². The number of anilines is 1. The molecule has 5 heteroatoms. The van der Waals surface area contributed by atoms with Gasteiger partial charge in [0.05, 0.1) is 12.6 Å². The summed E-state index contributed by atoms with van der Waals surface area (Å²) in [7, 11) is 0. The summed E-state index contributed by atoms with van der Waals surface area (Å²) in [4.78, 5) is 11.6. The first-order valence-corrected chi connectivity index (χ1v) is 4.93. The van der Waals surface area contributed by atoms with Crippen molar-refractivity contribution in [2.24, 2.45) is 0 Å². The van der Waals surface area contributed by atoms with E-state index in [0.717, 1.165) is 18.9 Å². The van der Waals surface area contributed by atoms with Gasteiger partial charge in [0, 0.05) is 18.9 Å². The predicted octanol–water partition coefficient (Wildman–Crippen LogP) is 0.921. The van der Waals surface area contributed by atoms with Crippen LogP contribution in [0.25, 0.3) is 0 Å². The third-order valence-corrected chi connectivity index (χ3v) is 2.57. The Hall–Kier alpha value is -1.36. The van der Waals surface area contributed by atoms with Crippen LogP contribution in [0.15, 0.2) is 17.1 Å². The zero-order valence-electron chi connectivity index (χ0n) is 8.28. The second-order valence-corrected chi connectivity index (χ2v) is 3.70. The van der Waals surface area contributed by atoms with Crippen molar-refractivity contribution in [3.63, 3.8) is 0 Å². The third kappa shape index (κ3) is 2.02. The number of hydrogen-bond donors (Lipinski definition) is 1. The zero-order valence-corrected chi connectivity index (χ0v) is 8.28. The molecule has 0 saturated carbocycles. The highest BCUT2D eigenvalue weighted by molar-refractivity contribution is 5.34. The molecule has 1 fully saturated rings. The van der Waals surface area contributed by atoms with Gasteiger partial charge in [0.15, 0.2) is 0 Å². The fourth-order valence-corrected chi connectivity index (χ4v) is 1.80. The summed E-state index contributed by atoms with van der Waals surface area (Å²) >= 11 is 0. The second-order valence-electron chi connectivity index (χ2n) is 3.70. The third-order valence-electron chi connectivity index (χ3n) is 2.57. The molecule has 1 aromatic rings. The lowest BCUT2D eigenvalue weighted by Crippen LogP contribution is -2.31. The normalized spacial score (nSPS) is 21.5. The molecule has 1 aliphatic rings. The van der Waals surface area contributed by atoms with Gasteiger partial charge in [-0.05, 0) is 12.8 Å². The molecule has 1 saturated heterocycles. The molecule has 1 aromatic heterocycles. The molecule has 0 amide bonds. The SMILES string of the molecule is Nc1cc(F)cn(C2CCCOC2)c1=O. The molecule has 2 N–H and O–H groups in total. The van der Waals surface area contributed by atoms with E-state index in [9.17, 15) is 9.18 Å². The number of nitrogens with zero attached hydrogens (tertiary/aromatic N) is 1. The average molecular weight is 212 g/mol. The second kappa shape index (κ2) is 4.02. The minimum atomic E-state index is -0.488. The number of pyridine rings is 1. The van der Waals surface area contributed by atoms with Gasteiger partial charge in [-0.2, -0.15) is 0 Å². The first kappa shape index (κ1) is 10.2. The first-order chi connectivity index (χ1) is 7.18. The van der Waals surface area contributed by atoms with Crippen molar-refractivity contribution in [1.29, 1.82) is 0 Å². The Morgan fingerprint density at radius 2 is 2.40 bits per heavy atom. The lowest BCUT2D eigenvalue weighted by Gasteiger charge is -2.24. The Labute approximate surface area is 86.5 Å². The molecule has 0 aromatic carbocycles. The van der Waals surface area contributed by atoms with Crippen LogP contribution >= 0.6 is 0 Å². The summed E-state index contributed by atoms with van der Waals surface area (Å²) in [6, 6.07) is 0.951. The molecule has 82 valence electrons. The van der Waals surface area contributed by atoms with Crippen LogP contribution in [0.1, 0.15) is 18.9 Å². The highest BCUT2D eigenvalue weighted by atomic mass is 19.1. The van der Waals surface area contributed by atoms with Crippen LogP contribution < -0.4 is 11.3 Å². The van der Waals surface area contributed by atoms with Gasteiger partial charge in [0.25, 0.3) is 5.56 Å². The van der Waals surface area contributed by atoms with E-state index < -0.39 is 5.82 Å². The summed E-state index contributed by atoms with van der Waals surface area (Å²) in [5, 5.41) is 0. The molecule has 0 spiro atoms. The maximum Gasteiger partial charge on any atom is 0.274 e. The molecular formula is C10H13FN2O2. The Balaban J connectivity index is 2.38. The number of nitrogens with two attached hydrogens (primary N) is 1. The van der Waals surface area contributed by atoms with Crippen LogP contribution in [0.3, 0.4) is 0 Å². The number of aromatic nitrogens is 1. The summed E-state index contributed by atoms with van der Waals surface area (Å²) < 4.78 is 19.7. The Morgan fingerprint density at radius 1 is 1.60 bits per heavy atom. The molecule has 15 heavy (non-hydrogen) atoms. The van der Waals surface area contributed by atoms with Gasteiger partial charge < -0.3 is 15.0 Å². The van der Waals surface area contributed by atoms with E-state index in [1.165, 1.54) is 10.8 Å². The zero-order chi connectivity index (χ0) is 10.8. The minimum Gasteiger partial charge on any atom is -0.394 e. The van der Waals surface area contributed by atoms with Crippen LogP contribution in [0.2, 0.25) is 0 Å². The smallest absolute Gasteiger partial charge is 0.274 e. The standard InChI is InChI=1S/C10H13FN2O2/c11-7-4-9(12)10(14)13(5-7)8-2-1-3-15-6-8/h4-5,8H,1-3,6,12H2. The molecule has 0 radical (unpaired) electrons. The number of halogens is 1. The molecule has 0 aliphatic carbocycles. The van der Waals surface area contributed by atoms with Crippen molar-refractivity contribution < 1.29 is 9.13 Å². The average Bonchev–Trinajstić information content (AvgIpc) is 2.24. The first-order valence-electron chi connectivity index (χ1n) is 4.93. The van der Waals surface area contributed by atoms with Gasteiger partial charge in [0.1, 0.15) is 11.5 Å². The summed E-state index contributed by atoms with van der Waals surface area (Å²) in [6.45, 7) is 1.15. The Kier molecular flexibility index (Phi) is 2.73. The number of ether oxygens (including phenoxy) is 1. The van der Waals surface area contributed by atoms with Crippen molar-refractivity contribution in [2.45, 2.75) is 18.9 Å². The largest absolute Gasteiger partial charge is 0.394 e. The van der Waals surface area contributed by atoms with Crippen molar-refractivity contribution >= 4 is 5.69 Å². The van der Waals surface area contributed by atoms with Crippen molar-refractivity contribution in [1.82, 2.24) is 4.57 Å². The fourth-order valence-electron chi connectivity index (χ4n) is 1.80. The van der Waals surface area contributed by atoms with E-state index in [1.807, 2.05) is 0 Å². The molecule has 2 rings (SSSR count). The van der Waals surface area contributed by atoms with Crippen LogP contribution in [-0.2, 0) is 4.74 Å². The molecule has 0 bridgehead atoms. The minimum absolute atomic E-state index is 0.0550. The maximum atomic E-state index is 13.1. The van der Waals surface area contributed by atoms with Crippen molar-refractivity contribution in [2.75, 3.05) is 18.9 Å². The molecule has 1 unspecified atom stereocenters. The summed E-state index contributed by atoms with van der Waals surface area (Å²) in [5.41, 5.74) is 5.02. The maximum absolute atomic E-state index is 13.1. The summed E-state index contributed by atoms with van der Waals surface area (Å²) in [5.74, 6) is -0.488. The van der Waals surface area contributed by atoms with E-state index in [0.29, 0.717) is 13.2 Å². The summed E-state index contributed by atoms with van der Waals surface area (Å²) in [6.07, 6.45) is 2.90. The monoisotopic (exact) mass is 212 g/mol. The fraction of sp³-hybridized carbons (Fsp3) is 0.500. The molecular weight excluding hydrogens is 199 g/mol. The van der Waals surface area contributed by atoms with E-state index in [4.69, 9.17) is 10.5 Å². The lowest BCUT2D eigenvalue weighted by molar-refractivity contribution is 0.0577. The predicted molar refractivity (Wildman–Crippen MR) is 54.2 cm³/mol. The van der Waals surface area contributed by atoms with Gasteiger partial charge in [-0.1, -0.05) is 0 Å². The van der Waals surface area contributed by atoms with Gasteiger partial charge in [-0.15, -0.1) is 0 Å². The van der Waals surface area contributed by atoms with Gasteiger partial charge in [-0.25, -0.2) is 4.39 Å². The van der Waals surface area contributed by atoms with Gasteiger partial charge in [-0.3, -0.25) is 4.79 Å². The van der Waals surface area contributed by atoms with E-state index >= 15 is 0 Å². The van der Waals surface area contributed by atoms with E-state index in [-0.39, 0.29) is 17.3 Å². The topological polar surface area (TPSA) is 57.2 Å². The van der Waals surface area contributed by atoms with Crippen LogP contribution in [0.4, 0.5) is 10.1 Å². The van der Waals surface area contributed by atoms with Gasteiger partial charge in [0.2, 0.25) is 0 Å². The quantitative estimate of drug-likeness (QED) is 0.753. The van der Waals surface area contributed by atoms with Crippen molar-refractivity contribution in [3.05, 3.63) is 28.4 Å². The van der Waals surface area contributed by atoms with E-state index in [2.05, 4.69) is 0 Å². The highest BCUT2D eigenvalue weighted by Gasteiger charge is 2.18. The molecule has 4 nitrogen and oxygen atoms in total. The van der Waals surface area contributed by atoms with Crippen LogP contribution in [0, 0.1) is 5.82 Å². The van der Waals surface area contributed by atoms with Crippen molar-refractivity contribution in [3.8, 4) is 0 Å². The number of hydrogen-bond acceptors (Lipinski definition) is 3. The highest BCUT2D eigenvalue weighted by Crippen LogP contribution is 2.18.